The summed E-state index contributed by atoms with van der Waals surface area (Å²) in [7, 11) is 0. The summed E-state index contributed by atoms with van der Waals surface area (Å²) in [5.41, 5.74) is 6.97. The molecule has 1 heteroatoms. The summed E-state index contributed by atoms with van der Waals surface area (Å²) >= 11 is 0. The van der Waals surface area contributed by atoms with Crippen molar-refractivity contribution in [3.63, 3.8) is 0 Å². The molecule has 0 saturated heterocycles. The molecule has 0 amide bonds. The molecule has 0 aromatic rings. The van der Waals surface area contributed by atoms with Crippen LogP contribution in [0.15, 0.2) is 0 Å². The first-order valence-corrected chi connectivity index (χ1v) is 7.07. The highest BCUT2D eigenvalue weighted by Gasteiger charge is 2.44. The molecule has 3 saturated carbocycles. The zero-order chi connectivity index (χ0) is 10.3. The Kier molecular flexibility index (Phi) is 2.54. The summed E-state index contributed by atoms with van der Waals surface area (Å²) in [5.74, 6) is 2.96. The number of rotatable bonds is 2. The zero-order valence-electron chi connectivity index (χ0n) is 9.88. The molecule has 0 aliphatic heterocycles. The van der Waals surface area contributed by atoms with Crippen LogP contribution in [0.4, 0.5) is 0 Å². The topological polar surface area (TPSA) is 26.0 Å². The van der Waals surface area contributed by atoms with Gasteiger partial charge in [0.05, 0.1) is 0 Å². The molecule has 0 heterocycles. The van der Waals surface area contributed by atoms with Crippen molar-refractivity contribution in [3.05, 3.63) is 0 Å². The van der Waals surface area contributed by atoms with Gasteiger partial charge < -0.3 is 5.73 Å². The molecule has 3 aliphatic carbocycles. The summed E-state index contributed by atoms with van der Waals surface area (Å²) < 4.78 is 0. The van der Waals surface area contributed by atoms with Crippen LogP contribution in [-0.4, -0.2) is 5.54 Å². The van der Waals surface area contributed by atoms with Crippen LogP contribution >= 0.6 is 0 Å². The van der Waals surface area contributed by atoms with Crippen LogP contribution in [0, 0.1) is 17.8 Å². The Morgan fingerprint density at radius 3 is 2.20 bits per heavy atom. The average molecular weight is 207 g/mol. The zero-order valence-corrected chi connectivity index (χ0v) is 9.88. The molecular weight excluding hydrogens is 182 g/mol. The molecule has 3 aliphatic rings. The van der Waals surface area contributed by atoms with Crippen molar-refractivity contribution in [2.45, 2.75) is 69.7 Å². The van der Waals surface area contributed by atoms with E-state index in [0.29, 0.717) is 0 Å². The first-order chi connectivity index (χ1) is 7.28. The fraction of sp³-hybridized carbons (Fsp3) is 1.00. The Labute approximate surface area is 93.8 Å². The van der Waals surface area contributed by atoms with Gasteiger partial charge in [0.1, 0.15) is 0 Å². The van der Waals surface area contributed by atoms with E-state index in [9.17, 15) is 0 Å². The predicted molar refractivity (Wildman–Crippen MR) is 63.6 cm³/mol. The predicted octanol–water partition coefficient (Wildman–Crippen LogP) is 3.47. The van der Waals surface area contributed by atoms with Gasteiger partial charge in [-0.15, -0.1) is 0 Å². The monoisotopic (exact) mass is 207 g/mol. The van der Waals surface area contributed by atoms with Gasteiger partial charge in [0, 0.05) is 5.54 Å². The summed E-state index contributed by atoms with van der Waals surface area (Å²) in [6, 6.07) is 0. The second-order valence-corrected chi connectivity index (χ2v) is 6.41. The molecule has 0 bridgehead atoms. The first kappa shape index (κ1) is 10.1. The lowest BCUT2D eigenvalue weighted by molar-refractivity contribution is 0.142. The fourth-order valence-corrected chi connectivity index (χ4v) is 4.23. The lowest BCUT2D eigenvalue weighted by atomic mass is 9.68. The highest BCUT2D eigenvalue weighted by atomic mass is 14.8. The minimum absolute atomic E-state index is 0.252. The molecule has 0 spiro atoms. The van der Waals surface area contributed by atoms with Crippen molar-refractivity contribution in [2.24, 2.45) is 23.5 Å². The lowest BCUT2D eigenvalue weighted by Gasteiger charge is -2.42. The SMILES string of the molecule is NC1(C2CCCC2)CCCC(C2CC2)C1. The van der Waals surface area contributed by atoms with E-state index in [2.05, 4.69) is 0 Å². The van der Waals surface area contributed by atoms with Crippen LogP contribution in [0.25, 0.3) is 0 Å². The largest absolute Gasteiger partial charge is 0.325 e. The molecule has 2 unspecified atom stereocenters. The van der Waals surface area contributed by atoms with Gasteiger partial charge in [0.25, 0.3) is 0 Å². The number of nitrogens with two attached hydrogens (primary N) is 1. The van der Waals surface area contributed by atoms with E-state index in [4.69, 9.17) is 5.73 Å². The maximum atomic E-state index is 6.72. The molecular formula is C14H25N. The highest BCUT2D eigenvalue weighted by Crippen LogP contribution is 2.49. The normalized spacial score (nSPS) is 43.4. The van der Waals surface area contributed by atoms with Crippen LogP contribution < -0.4 is 5.73 Å². The van der Waals surface area contributed by atoms with Crippen molar-refractivity contribution < 1.29 is 0 Å². The standard InChI is InChI=1S/C14H25N/c15-14(13-5-1-2-6-13)9-3-4-12(10-14)11-7-8-11/h11-13H,1-10,15H2. The van der Waals surface area contributed by atoms with Crippen LogP contribution in [0.5, 0.6) is 0 Å². The van der Waals surface area contributed by atoms with E-state index in [1.165, 1.54) is 64.2 Å². The molecule has 2 N–H and O–H groups in total. The molecule has 0 aromatic heterocycles. The van der Waals surface area contributed by atoms with E-state index in [-0.39, 0.29) is 5.54 Å². The number of hydrogen-bond acceptors (Lipinski definition) is 1. The first-order valence-electron chi connectivity index (χ1n) is 7.07. The molecule has 86 valence electrons. The van der Waals surface area contributed by atoms with Crippen LogP contribution in [0.2, 0.25) is 0 Å². The van der Waals surface area contributed by atoms with Gasteiger partial charge >= 0.3 is 0 Å². The molecule has 1 nitrogen and oxygen atoms in total. The fourth-order valence-electron chi connectivity index (χ4n) is 4.23. The lowest BCUT2D eigenvalue weighted by Crippen LogP contribution is -2.50. The van der Waals surface area contributed by atoms with Gasteiger partial charge in [-0.05, 0) is 56.3 Å². The molecule has 2 atom stereocenters. The van der Waals surface area contributed by atoms with Crippen molar-refractivity contribution in [2.75, 3.05) is 0 Å². The van der Waals surface area contributed by atoms with Gasteiger partial charge in [-0.2, -0.15) is 0 Å². The third kappa shape index (κ3) is 1.95. The Morgan fingerprint density at radius 2 is 1.53 bits per heavy atom. The van der Waals surface area contributed by atoms with Crippen molar-refractivity contribution in [3.8, 4) is 0 Å². The molecule has 3 fully saturated rings. The number of hydrogen-bond donors (Lipinski definition) is 1. The third-order valence-electron chi connectivity index (χ3n) is 5.32. The van der Waals surface area contributed by atoms with Gasteiger partial charge in [0.2, 0.25) is 0 Å². The third-order valence-corrected chi connectivity index (χ3v) is 5.32. The molecule has 0 aromatic carbocycles. The summed E-state index contributed by atoms with van der Waals surface area (Å²) in [6.07, 6.45) is 14.3. The highest BCUT2D eigenvalue weighted by molar-refractivity contribution is 5.00. The van der Waals surface area contributed by atoms with Crippen LogP contribution in [0.1, 0.15) is 64.2 Å². The summed E-state index contributed by atoms with van der Waals surface area (Å²) in [4.78, 5) is 0. The van der Waals surface area contributed by atoms with Gasteiger partial charge in [0.15, 0.2) is 0 Å². The Morgan fingerprint density at radius 1 is 0.800 bits per heavy atom. The average Bonchev–Trinajstić information content (AvgIpc) is 2.93. The maximum absolute atomic E-state index is 6.72. The minimum atomic E-state index is 0.252. The van der Waals surface area contributed by atoms with Crippen molar-refractivity contribution in [1.82, 2.24) is 0 Å². The van der Waals surface area contributed by atoms with Crippen LogP contribution in [0.3, 0.4) is 0 Å². The van der Waals surface area contributed by atoms with Gasteiger partial charge in [-0.3, -0.25) is 0 Å². The van der Waals surface area contributed by atoms with Gasteiger partial charge in [-0.1, -0.05) is 25.7 Å². The molecule has 0 radical (unpaired) electrons. The summed E-state index contributed by atoms with van der Waals surface area (Å²) in [6.45, 7) is 0. The minimum Gasteiger partial charge on any atom is -0.325 e. The van der Waals surface area contributed by atoms with E-state index in [1.54, 1.807) is 0 Å². The van der Waals surface area contributed by atoms with E-state index < -0.39 is 0 Å². The summed E-state index contributed by atoms with van der Waals surface area (Å²) in [5, 5.41) is 0. The maximum Gasteiger partial charge on any atom is 0.0185 e. The van der Waals surface area contributed by atoms with Crippen molar-refractivity contribution >= 4 is 0 Å². The van der Waals surface area contributed by atoms with E-state index in [0.717, 1.165) is 17.8 Å². The van der Waals surface area contributed by atoms with E-state index in [1.807, 2.05) is 0 Å². The molecule has 15 heavy (non-hydrogen) atoms. The van der Waals surface area contributed by atoms with Gasteiger partial charge in [-0.25, -0.2) is 0 Å². The smallest absolute Gasteiger partial charge is 0.0185 e. The second-order valence-electron chi connectivity index (χ2n) is 6.41. The van der Waals surface area contributed by atoms with Crippen molar-refractivity contribution in [1.29, 1.82) is 0 Å². The Bertz CT molecular complexity index is 227. The quantitative estimate of drug-likeness (QED) is 0.737. The van der Waals surface area contributed by atoms with Crippen LogP contribution in [-0.2, 0) is 0 Å². The molecule has 3 rings (SSSR count). The second kappa shape index (κ2) is 3.76. The van der Waals surface area contributed by atoms with E-state index >= 15 is 0 Å². The Hall–Kier alpha value is -0.0400. The Balaban J connectivity index is 1.67.